The van der Waals surface area contributed by atoms with Gasteiger partial charge in [-0.3, -0.25) is 4.79 Å². The van der Waals surface area contributed by atoms with Crippen molar-refractivity contribution < 1.29 is 4.79 Å². The second kappa shape index (κ2) is 6.94. The molecule has 0 saturated heterocycles. The number of hydrogen-bond donors (Lipinski definition) is 2. The number of nitrogen functional groups attached to an aromatic ring is 1. The summed E-state index contributed by atoms with van der Waals surface area (Å²) in [4.78, 5) is 11.3. The van der Waals surface area contributed by atoms with Gasteiger partial charge in [0.15, 0.2) is 5.69 Å². The average molecular weight is 312 g/mol. The molecule has 1 heterocycles. The lowest BCUT2D eigenvalue weighted by molar-refractivity contribution is 0.0996. The first-order valence-electron chi connectivity index (χ1n) is 8.50. The monoisotopic (exact) mass is 312 g/mol. The first-order valence-corrected chi connectivity index (χ1v) is 8.50. The maximum Gasteiger partial charge on any atom is 0.271 e. The van der Waals surface area contributed by atoms with E-state index in [1.54, 1.807) is 0 Å². The van der Waals surface area contributed by atoms with E-state index in [9.17, 15) is 4.79 Å². The molecule has 0 spiro atoms. The Bertz CT molecular complexity index is 707. The second-order valence-electron chi connectivity index (χ2n) is 6.54. The van der Waals surface area contributed by atoms with Gasteiger partial charge in [0.25, 0.3) is 5.91 Å². The van der Waals surface area contributed by atoms with Crippen LogP contribution in [-0.2, 0) is 6.42 Å². The smallest absolute Gasteiger partial charge is 0.271 e. The molecule has 4 N–H and O–H groups in total. The standard InChI is InChI=1S/C18H24N4O/c19-15-14-11-5-10-13(16(14)21-22-17(15)18(20)23)9-4-3-8-12-6-1-2-7-12/h5,10-12H,1-4,6-9H2,(H2,19,21)(H2,20,23). The normalized spacial score (nSPS) is 15.3. The minimum atomic E-state index is -0.640. The lowest BCUT2D eigenvalue weighted by atomic mass is 9.97. The van der Waals surface area contributed by atoms with Crippen molar-refractivity contribution in [3.63, 3.8) is 0 Å². The number of fused-ring (bicyclic) bond motifs is 1. The molecule has 23 heavy (non-hydrogen) atoms. The quantitative estimate of drug-likeness (QED) is 0.801. The third kappa shape index (κ3) is 3.44. The minimum Gasteiger partial charge on any atom is -0.396 e. The molecule has 1 aromatic heterocycles. The van der Waals surface area contributed by atoms with Crippen molar-refractivity contribution >= 4 is 22.5 Å². The van der Waals surface area contributed by atoms with E-state index in [0.717, 1.165) is 35.2 Å². The number of anilines is 1. The maximum atomic E-state index is 11.3. The predicted molar refractivity (Wildman–Crippen MR) is 92.0 cm³/mol. The Hall–Kier alpha value is -2.17. The van der Waals surface area contributed by atoms with Crippen LogP contribution in [0, 0.1) is 5.92 Å². The van der Waals surface area contributed by atoms with Crippen molar-refractivity contribution in [2.45, 2.75) is 51.4 Å². The fourth-order valence-corrected chi connectivity index (χ4v) is 3.64. The van der Waals surface area contributed by atoms with Crippen LogP contribution in [0.25, 0.3) is 10.9 Å². The van der Waals surface area contributed by atoms with E-state index in [2.05, 4.69) is 16.3 Å². The van der Waals surface area contributed by atoms with Crippen LogP contribution in [0.3, 0.4) is 0 Å². The van der Waals surface area contributed by atoms with E-state index >= 15 is 0 Å². The molecule has 3 rings (SSSR count). The fourth-order valence-electron chi connectivity index (χ4n) is 3.64. The Kier molecular flexibility index (Phi) is 4.74. The number of amides is 1. The molecule has 1 amide bonds. The summed E-state index contributed by atoms with van der Waals surface area (Å²) in [5.41, 5.74) is 13.6. The van der Waals surface area contributed by atoms with E-state index in [0.29, 0.717) is 5.69 Å². The van der Waals surface area contributed by atoms with Crippen molar-refractivity contribution in [3.8, 4) is 0 Å². The first-order chi connectivity index (χ1) is 11.2. The van der Waals surface area contributed by atoms with Crippen LogP contribution in [-0.4, -0.2) is 16.1 Å². The predicted octanol–water partition coefficient (Wildman–Crippen LogP) is 3.21. The molecule has 0 unspecified atom stereocenters. The van der Waals surface area contributed by atoms with E-state index in [1.165, 1.54) is 38.5 Å². The summed E-state index contributed by atoms with van der Waals surface area (Å²) in [5.74, 6) is 0.301. The van der Waals surface area contributed by atoms with Gasteiger partial charge in [0.2, 0.25) is 0 Å². The third-order valence-corrected chi connectivity index (χ3v) is 4.93. The van der Waals surface area contributed by atoms with Crippen molar-refractivity contribution in [2.75, 3.05) is 5.73 Å². The molecule has 1 aromatic carbocycles. The first kappa shape index (κ1) is 15.7. The molecule has 1 saturated carbocycles. The van der Waals surface area contributed by atoms with Crippen molar-refractivity contribution in [2.24, 2.45) is 11.7 Å². The zero-order valence-corrected chi connectivity index (χ0v) is 13.4. The Morgan fingerprint density at radius 1 is 1.17 bits per heavy atom. The average Bonchev–Trinajstić information content (AvgIpc) is 3.05. The van der Waals surface area contributed by atoms with E-state index in [1.807, 2.05) is 12.1 Å². The van der Waals surface area contributed by atoms with Crippen LogP contribution in [0.5, 0.6) is 0 Å². The van der Waals surface area contributed by atoms with Crippen LogP contribution in [0.4, 0.5) is 5.69 Å². The number of primary amides is 1. The Morgan fingerprint density at radius 3 is 2.70 bits per heavy atom. The van der Waals surface area contributed by atoms with Crippen LogP contribution < -0.4 is 11.5 Å². The van der Waals surface area contributed by atoms with Crippen molar-refractivity contribution in [1.82, 2.24) is 10.2 Å². The zero-order valence-electron chi connectivity index (χ0n) is 13.4. The number of aromatic nitrogens is 2. The second-order valence-corrected chi connectivity index (χ2v) is 6.54. The van der Waals surface area contributed by atoms with Gasteiger partial charge in [0.05, 0.1) is 11.2 Å². The molecule has 5 heteroatoms. The lowest BCUT2D eigenvalue weighted by Gasteiger charge is -2.10. The molecular formula is C18H24N4O. The van der Waals surface area contributed by atoms with Gasteiger partial charge in [0.1, 0.15) is 0 Å². The SMILES string of the molecule is NC(=O)c1nnc2c(CCCCC3CCCC3)cccc2c1N. The largest absolute Gasteiger partial charge is 0.396 e. The Labute approximate surface area is 136 Å². The highest BCUT2D eigenvalue weighted by Gasteiger charge is 2.15. The van der Waals surface area contributed by atoms with Crippen molar-refractivity contribution in [1.29, 1.82) is 0 Å². The van der Waals surface area contributed by atoms with Gasteiger partial charge < -0.3 is 11.5 Å². The summed E-state index contributed by atoms with van der Waals surface area (Å²) in [6.45, 7) is 0. The molecule has 2 aromatic rings. The number of nitrogens with two attached hydrogens (primary N) is 2. The molecule has 0 radical (unpaired) electrons. The maximum absolute atomic E-state index is 11.3. The highest BCUT2D eigenvalue weighted by atomic mass is 16.1. The molecular weight excluding hydrogens is 288 g/mol. The van der Waals surface area contributed by atoms with Gasteiger partial charge in [-0.25, -0.2) is 0 Å². The number of nitrogens with zero attached hydrogens (tertiary/aromatic N) is 2. The van der Waals surface area contributed by atoms with Crippen LogP contribution in [0.1, 0.15) is 61.0 Å². The Balaban J connectivity index is 1.70. The number of unbranched alkanes of at least 4 members (excludes halogenated alkanes) is 1. The van der Waals surface area contributed by atoms with Gasteiger partial charge in [-0.05, 0) is 24.3 Å². The van der Waals surface area contributed by atoms with E-state index < -0.39 is 5.91 Å². The molecule has 0 bridgehead atoms. The van der Waals surface area contributed by atoms with Crippen molar-refractivity contribution in [3.05, 3.63) is 29.5 Å². The minimum absolute atomic E-state index is 0.0517. The van der Waals surface area contributed by atoms with Gasteiger partial charge in [-0.2, -0.15) is 0 Å². The number of carbonyl (C=O) groups is 1. The van der Waals surface area contributed by atoms with Gasteiger partial charge in [-0.1, -0.05) is 56.7 Å². The summed E-state index contributed by atoms with van der Waals surface area (Å²) < 4.78 is 0. The molecule has 1 aliphatic rings. The molecule has 5 nitrogen and oxygen atoms in total. The van der Waals surface area contributed by atoms with Crippen LogP contribution >= 0.6 is 0 Å². The van der Waals surface area contributed by atoms with Crippen LogP contribution in [0.15, 0.2) is 18.2 Å². The number of hydrogen-bond acceptors (Lipinski definition) is 4. The molecule has 0 aliphatic heterocycles. The lowest BCUT2D eigenvalue weighted by Crippen LogP contribution is -2.17. The molecule has 1 fully saturated rings. The summed E-state index contributed by atoms with van der Waals surface area (Å²) in [7, 11) is 0. The van der Waals surface area contributed by atoms with Gasteiger partial charge in [0, 0.05) is 5.39 Å². The Morgan fingerprint density at radius 2 is 1.96 bits per heavy atom. The summed E-state index contributed by atoms with van der Waals surface area (Å²) >= 11 is 0. The van der Waals surface area contributed by atoms with Gasteiger partial charge >= 0.3 is 0 Å². The molecule has 1 aliphatic carbocycles. The fraction of sp³-hybridized carbons (Fsp3) is 0.500. The van der Waals surface area contributed by atoms with Crippen LogP contribution in [0.2, 0.25) is 0 Å². The zero-order chi connectivity index (χ0) is 16.2. The topological polar surface area (TPSA) is 94.9 Å². The van der Waals surface area contributed by atoms with E-state index in [4.69, 9.17) is 11.5 Å². The number of aryl methyl sites for hydroxylation is 1. The van der Waals surface area contributed by atoms with E-state index in [-0.39, 0.29) is 5.69 Å². The van der Waals surface area contributed by atoms with Gasteiger partial charge in [-0.15, -0.1) is 10.2 Å². The number of benzene rings is 1. The highest BCUT2D eigenvalue weighted by molar-refractivity contribution is 6.04. The third-order valence-electron chi connectivity index (χ3n) is 4.93. The number of carbonyl (C=O) groups excluding carboxylic acids is 1. The molecule has 122 valence electrons. The highest BCUT2D eigenvalue weighted by Crippen LogP contribution is 2.30. The number of rotatable bonds is 6. The molecule has 0 atom stereocenters. The summed E-state index contributed by atoms with van der Waals surface area (Å²) in [5, 5.41) is 8.86. The summed E-state index contributed by atoms with van der Waals surface area (Å²) in [6.07, 6.45) is 10.3. The summed E-state index contributed by atoms with van der Waals surface area (Å²) in [6, 6.07) is 5.89.